The minimum absolute atomic E-state index is 0.0784. The van der Waals surface area contributed by atoms with Gasteiger partial charge in [-0.05, 0) is 34.1 Å². The van der Waals surface area contributed by atoms with Crippen molar-refractivity contribution in [3.05, 3.63) is 40.2 Å². The van der Waals surface area contributed by atoms with Crippen LogP contribution in [0.5, 0.6) is 11.6 Å². The molecule has 1 aromatic carbocycles. The third-order valence-corrected chi connectivity index (χ3v) is 3.11. The molecule has 0 fully saturated rings. The Morgan fingerprint density at radius 2 is 2.16 bits per heavy atom. The fraction of sp³-hybridized carbons (Fsp3) is 0.0769. The van der Waals surface area contributed by atoms with Crippen LogP contribution < -0.4 is 4.74 Å². The van der Waals surface area contributed by atoms with E-state index >= 15 is 0 Å². The van der Waals surface area contributed by atoms with Crippen molar-refractivity contribution in [2.24, 2.45) is 0 Å². The quantitative estimate of drug-likeness (QED) is 0.921. The molecular formula is C13H8BrFN2O2. The summed E-state index contributed by atoms with van der Waals surface area (Å²) in [5, 5.41) is 18.8. The van der Waals surface area contributed by atoms with Gasteiger partial charge in [-0.3, -0.25) is 0 Å². The fourth-order valence-corrected chi connectivity index (χ4v) is 2.07. The Kier molecular flexibility index (Phi) is 3.67. The van der Waals surface area contributed by atoms with Crippen LogP contribution in [0.15, 0.2) is 28.9 Å². The topological polar surface area (TPSA) is 66.1 Å². The lowest BCUT2D eigenvalue weighted by atomic mass is 10.0. The van der Waals surface area contributed by atoms with Gasteiger partial charge in [0.05, 0.1) is 23.2 Å². The van der Waals surface area contributed by atoms with Crippen molar-refractivity contribution in [2.75, 3.05) is 7.11 Å². The average Bonchev–Trinajstić information content (AvgIpc) is 2.41. The van der Waals surface area contributed by atoms with Crippen LogP contribution in [0.3, 0.4) is 0 Å². The Morgan fingerprint density at radius 3 is 2.74 bits per heavy atom. The molecule has 4 nitrogen and oxygen atoms in total. The maximum Gasteiger partial charge on any atom is 0.250 e. The monoisotopic (exact) mass is 322 g/mol. The second kappa shape index (κ2) is 5.24. The zero-order valence-corrected chi connectivity index (χ0v) is 11.4. The number of nitrogens with zero attached hydrogens (tertiary/aromatic N) is 2. The van der Waals surface area contributed by atoms with E-state index in [0.29, 0.717) is 21.2 Å². The molecule has 0 aliphatic rings. The van der Waals surface area contributed by atoms with Crippen LogP contribution in [-0.2, 0) is 0 Å². The predicted molar refractivity (Wildman–Crippen MR) is 70.3 cm³/mol. The first-order valence-corrected chi connectivity index (χ1v) is 5.98. The fourth-order valence-electron chi connectivity index (χ4n) is 1.61. The summed E-state index contributed by atoms with van der Waals surface area (Å²) in [6.45, 7) is 0. The first-order valence-electron chi connectivity index (χ1n) is 5.19. The first-order chi connectivity index (χ1) is 9.06. The molecule has 2 rings (SSSR count). The molecule has 6 heteroatoms. The van der Waals surface area contributed by atoms with E-state index in [1.807, 2.05) is 6.07 Å². The van der Waals surface area contributed by atoms with Crippen molar-refractivity contribution in [1.29, 1.82) is 5.26 Å². The highest BCUT2D eigenvalue weighted by atomic mass is 79.9. The number of phenols is 1. The molecule has 0 bridgehead atoms. The van der Waals surface area contributed by atoms with Gasteiger partial charge in [0, 0.05) is 17.3 Å². The molecular weight excluding hydrogens is 315 g/mol. The number of aromatic nitrogens is 1. The molecule has 0 aliphatic heterocycles. The maximum atomic E-state index is 13.6. The van der Waals surface area contributed by atoms with E-state index in [0.717, 1.165) is 0 Å². The van der Waals surface area contributed by atoms with Gasteiger partial charge in [0.25, 0.3) is 0 Å². The Balaban J connectivity index is 2.62. The normalized spacial score (nSPS) is 10.0. The van der Waals surface area contributed by atoms with Crippen LogP contribution >= 0.6 is 15.9 Å². The smallest absolute Gasteiger partial charge is 0.250 e. The van der Waals surface area contributed by atoms with E-state index in [4.69, 9.17) is 10.00 Å². The first kappa shape index (κ1) is 13.3. The highest BCUT2D eigenvalue weighted by Crippen LogP contribution is 2.37. The van der Waals surface area contributed by atoms with E-state index in [1.165, 1.54) is 31.5 Å². The van der Waals surface area contributed by atoms with Crippen molar-refractivity contribution >= 4 is 15.9 Å². The Bertz CT molecular complexity index is 683. The van der Waals surface area contributed by atoms with Gasteiger partial charge in [0.15, 0.2) is 5.82 Å². The minimum Gasteiger partial charge on any atom is -0.506 e. The van der Waals surface area contributed by atoms with E-state index in [2.05, 4.69) is 20.9 Å². The van der Waals surface area contributed by atoms with Crippen LogP contribution in [0.4, 0.5) is 4.39 Å². The molecule has 2 aromatic rings. The summed E-state index contributed by atoms with van der Waals surface area (Å²) in [6, 6.07) is 6.09. The molecule has 0 atom stereocenters. The number of hydrogen-bond donors (Lipinski definition) is 1. The van der Waals surface area contributed by atoms with Crippen LogP contribution in [0, 0.1) is 17.1 Å². The highest BCUT2D eigenvalue weighted by Gasteiger charge is 2.13. The Hall–Kier alpha value is -2.13. The van der Waals surface area contributed by atoms with Gasteiger partial charge in [-0.2, -0.15) is 5.26 Å². The maximum absolute atomic E-state index is 13.6. The number of nitriles is 1. The van der Waals surface area contributed by atoms with Crippen molar-refractivity contribution < 1.29 is 14.2 Å². The van der Waals surface area contributed by atoms with Crippen LogP contribution in [0.2, 0.25) is 0 Å². The van der Waals surface area contributed by atoms with Gasteiger partial charge in [-0.1, -0.05) is 0 Å². The van der Waals surface area contributed by atoms with Gasteiger partial charge >= 0.3 is 0 Å². The molecule has 96 valence electrons. The summed E-state index contributed by atoms with van der Waals surface area (Å²) < 4.78 is 18.7. The zero-order valence-electron chi connectivity index (χ0n) is 9.82. The summed E-state index contributed by atoms with van der Waals surface area (Å²) in [5.74, 6) is -0.845. The number of benzene rings is 1. The van der Waals surface area contributed by atoms with Crippen molar-refractivity contribution in [1.82, 2.24) is 4.98 Å². The number of halogens is 2. The molecule has 1 N–H and O–H groups in total. The van der Waals surface area contributed by atoms with Crippen LogP contribution in [0.1, 0.15) is 5.56 Å². The lowest BCUT2D eigenvalue weighted by Gasteiger charge is -2.08. The third-order valence-electron chi connectivity index (χ3n) is 2.50. The SMILES string of the molecule is COc1ncc(-c2cc(C#N)cc(Br)c2O)cc1F. The molecule has 0 spiro atoms. The number of ether oxygens (including phenoxy) is 1. The van der Waals surface area contributed by atoms with E-state index in [9.17, 15) is 9.50 Å². The second-order valence-electron chi connectivity index (χ2n) is 3.68. The summed E-state index contributed by atoms with van der Waals surface area (Å²) in [7, 11) is 1.31. The molecule has 0 unspecified atom stereocenters. The molecule has 19 heavy (non-hydrogen) atoms. The number of phenolic OH excluding ortho intramolecular Hbond substituents is 1. The minimum atomic E-state index is -0.641. The van der Waals surface area contributed by atoms with E-state index < -0.39 is 5.82 Å². The van der Waals surface area contributed by atoms with Gasteiger partial charge in [-0.15, -0.1) is 0 Å². The summed E-state index contributed by atoms with van der Waals surface area (Å²) in [4.78, 5) is 3.79. The second-order valence-corrected chi connectivity index (χ2v) is 4.54. The van der Waals surface area contributed by atoms with E-state index in [-0.39, 0.29) is 11.6 Å². The number of hydrogen-bond acceptors (Lipinski definition) is 4. The highest BCUT2D eigenvalue weighted by molar-refractivity contribution is 9.10. The standard InChI is InChI=1S/C13H8BrFN2O2/c1-19-13-11(15)4-8(6-17-13)9-2-7(5-16)3-10(14)12(9)18/h2-4,6,18H,1H3. The summed E-state index contributed by atoms with van der Waals surface area (Å²) in [6.07, 6.45) is 1.37. The van der Waals surface area contributed by atoms with Crippen LogP contribution in [-0.4, -0.2) is 17.2 Å². The van der Waals surface area contributed by atoms with Crippen molar-refractivity contribution in [3.8, 4) is 28.8 Å². The summed E-state index contributed by atoms with van der Waals surface area (Å²) >= 11 is 3.14. The van der Waals surface area contributed by atoms with Gasteiger partial charge in [0.1, 0.15) is 5.75 Å². The zero-order chi connectivity index (χ0) is 14.0. The number of aromatic hydroxyl groups is 1. The van der Waals surface area contributed by atoms with Crippen molar-refractivity contribution in [3.63, 3.8) is 0 Å². The van der Waals surface area contributed by atoms with Crippen LogP contribution in [0.25, 0.3) is 11.1 Å². The lowest BCUT2D eigenvalue weighted by molar-refractivity contribution is 0.369. The largest absolute Gasteiger partial charge is 0.506 e. The molecule has 0 radical (unpaired) electrons. The number of pyridine rings is 1. The molecule has 1 heterocycles. The number of rotatable bonds is 2. The third kappa shape index (κ3) is 2.51. The lowest BCUT2D eigenvalue weighted by Crippen LogP contribution is -1.93. The molecule has 1 aromatic heterocycles. The summed E-state index contributed by atoms with van der Waals surface area (Å²) in [5.41, 5.74) is 1.02. The van der Waals surface area contributed by atoms with Gasteiger partial charge < -0.3 is 9.84 Å². The Labute approximate surface area is 117 Å². The predicted octanol–water partition coefficient (Wildman–Crippen LogP) is 3.24. The molecule has 0 aliphatic carbocycles. The number of methoxy groups -OCH3 is 1. The van der Waals surface area contributed by atoms with Gasteiger partial charge in [0.2, 0.25) is 5.88 Å². The molecule has 0 saturated heterocycles. The van der Waals surface area contributed by atoms with E-state index in [1.54, 1.807) is 0 Å². The van der Waals surface area contributed by atoms with Gasteiger partial charge in [-0.25, -0.2) is 9.37 Å². The Morgan fingerprint density at radius 1 is 1.42 bits per heavy atom. The molecule has 0 amide bonds. The average molecular weight is 323 g/mol. The van der Waals surface area contributed by atoms with Crippen molar-refractivity contribution in [2.45, 2.75) is 0 Å². The molecule has 0 saturated carbocycles.